The van der Waals surface area contributed by atoms with Gasteiger partial charge in [0, 0.05) is 7.11 Å². The Bertz CT molecular complexity index is 366. The average Bonchev–Trinajstić information content (AvgIpc) is 2.38. The normalized spacial score (nSPS) is 41.1. The van der Waals surface area contributed by atoms with E-state index in [-0.39, 0.29) is 0 Å². The number of hydrogen-bond donors (Lipinski definition) is 0. The van der Waals surface area contributed by atoms with E-state index in [1.807, 2.05) is 7.11 Å². The summed E-state index contributed by atoms with van der Waals surface area (Å²) in [6.07, 6.45) is 14.6. The molecule has 3 rings (SSSR count). The summed E-state index contributed by atoms with van der Waals surface area (Å²) in [6.45, 7) is 2.51. The summed E-state index contributed by atoms with van der Waals surface area (Å²) >= 11 is 0. The maximum atomic E-state index is 5.56. The summed E-state index contributed by atoms with van der Waals surface area (Å²) in [5.74, 6) is 0.842. The number of hydrogen-bond acceptors (Lipinski definition) is 1. The smallest absolute Gasteiger partial charge is 0.0609 e. The van der Waals surface area contributed by atoms with Crippen LogP contribution in [0.15, 0.2) is 23.3 Å². The zero-order chi connectivity index (χ0) is 11.9. The van der Waals surface area contributed by atoms with E-state index >= 15 is 0 Å². The van der Waals surface area contributed by atoms with Gasteiger partial charge < -0.3 is 4.74 Å². The van der Waals surface area contributed by atoms with Crippen LogP contribution in [0, 0.1) is 11.3 Å². The van der Waals surface area contributed by atoms with Gasteiger partial charge in [0.2, 0.25) is 0 Å². The summed E-state index contributed by atoms with van der Waals surface area (Å²) < 4.78 is 5.56. The van der Waals surface area contributed by atoms with E-state index < -0.39 is 0 Å². The first kappa shape index (κ1) is 11.5. The van der Waals surface area contributed by atoms with E-state index in [0.29, 0.717) is 11.5 Å². The Balaban J connectivity index is 1.91. The van der Waals surface area contributed by atoms with E-state index in [2.05, 4.69) is 19.1 Å². The molecule has 0 unspecified atom stereocenters. The molecule has 3 aliphatic carbocycles. The molecular weight excluding hydrogens is 208 g/mol. The third-order valence-corrected chi connectivity index (χ3v) is 5.42. The predicted molar refractivity (Wildman–Crippen MR) is 70.9 cm³/mol. The van der Waals surface area contributed by atoms with E-state index in [4.69, 9.17) is 4.74 Å². The SMILES string of the molecule is CO[C@H]1CC[C@@]2(C)C(=CC=C3CCCC[C@@H]32)C1. The van der Waals surface area contributed by atoms with Gasteiger partial charge in [-0.3, -0.25) is 0 Å². The molecule has 0 aromatic heterocycles. The number of allylic oxidation sites excluding steroid dienone is 3. The Hall–Kier alpha value is -0.560. The van der Waals surface area contributed by atoms with Crippen LogP contribution in [0.2, 0.25) is 0 Å². The molecule has 0 amide bonds. The average molecular weight is 232 g/mol. The molecule has 1 heteroatoms. The van der Waals surface area contributed by atoms with Gasteiger partial charge in [-0.2, -0.15) is 0 Å². The summed E-state index contributed by atoms with van der Waals surface area (Å²) in [6, 6.07) is 0. The van der Waals surface area contributed by atoms with E-state index in [1.54, 1.807) is 11.1 Å². The molecule has 3 atom stereocenters. The summed E-state index contributed by atoms with van der Waals surface area (Å²) in [5, 5.41) is 0. The number of methoxy groups -OCH3 is 1. The first-order chi connectivity index (χ1) is 8.24. The van der Waals surface area contributed by atoms with Crippen LogP contribution in [0.25, 0.3) is 0 Å². The highest BCUT2D eigenvalue weighted by atomic mass is 16.5. The first-order valence-electron chi connectivity index (χ1n) is 7.17. The molecule has 2 saturated carbocycles. The fraction of sp³-hybridized carbons (Fsp3) is 0.750. The maximum Gasteiger partial charge on any atom is 0.0609 e. The molecule has 0 aliphatic heterocycles. The molecule has 0 spiro atoms. The van der Waals surface area contributed by atoms with Crippen LogP contribution >= 0.6 is 0 Å². The van der Waals surface area contributed by atoms with Crippen LogP contribution in [0.4, 0.5) is 0 Å². The van der Waals surface area contributed by atoms with Crippen molar-refractivity contribution >= 4 is 0 Å². The molecule has 0 aromatic rings. The summed E-state index contributed by atoms with van der Waals surface area (Å²) in [4.78, 5) is 0. The first-order valence-corrected chi connectivity index (χ1v) is 7.17. The lowest BCUT2D eigenvalue weighted by Crippen LogP contribution is -2.40. The molecule has 1 nitrogen and oxygen atoms in total. The van der Waals surface area contributed by atoms with Crippen LogP contribution in [0.3, 0.4) is 0 Å². The van der Waals surface area contributed by atoms with Gasteiger partial charge in [-0.15, -0.1) is 0 Å². The van der Waals surface area contributed by atoms with Gasteiger partial charge in [0.1, 0.15) is 0 Å². The lowest BCUT2D eigenvalue weighted by atomic mass is 9.56. The quantitative estimate of drug-likeness (QED) is 0.657. The van der Waals surface area contributed by atoms with Crippen molar-refractivity contribution in [1.82, 2.24) is 0 Å². The van der Waals surface area contributed by atoms with Crippen LogP contribution in [0.5, 0.6) is 0 Å². The molecule has 0 saturated heterocycles. The second kappa shape index (κ2) is 4.28. The van der Waals surface area contributed by atoms with Crippen molar-refractivity contribution in [3.05, 3.63) is 23.3 Å². The van der Waals surface area contributed by atoms with Crippen molar-refractivity contribution in [2.75, 3.05) is 7.11 Å². The highest BCUT2D eigenvalue weighted by Gasteiger charge is 2.44. The molecule has 0 aromatic carbocycles. The minimum absolute atomic E-state index is 0.458. The molecule has 17 heavy (non-hydrogen) atoms. The number of rotatable bonds is 1. The Labute approximate surface area is 105 Å². The molecule has 2 fully saturated rings. The third-order valence-electron chi connectivity index (χ3n) is 5.42. The van der Waals surface area contributed by atoms with Crippen molar-refractivity contribution < 1.29 is 4.74 Å². The van der Waals surface area contributed by atoms with Gasteiger partial charge in [-0.25, -0.2) is 0 Å². The summed E-state index contributed by atoms with van der Waals surface area (Å²) in [7, 11) is 1.86. The maximum absolute atomic E-state index is 5.56. The van der Waals surface area contributed by atoms with Crippen LogP contribution in [-0.4, -0.2) is 13.2 Å². The van der Waals surface area contributed by atoms with E-state index in [0.717, 1.165) is 12.3 Å². The van der Waals surface area contributed by atoms with Crippen molar-refractivity contribution in [3.8, 4) is 0 Å². The number of ether oxygens (including phenoxy) is 1. The van der Waals surface area contributed by atoms with Crippen LogP contribution in [0.1, 0.15) is 51.9 Å². The Morgan fingerprint density at radius 1 is 1.24 bits per heavy atom. The largest absolute Gasteiger partial charge is 0.381 e. The lowest BCUT2D eigenvalue weighted by molar-refractivity contribution is 0.0452. The highest BCUT2D eigenvalue weighted by molar-refractivity contribution is 5.35. The minimum atomic E-state index is 0.458. The fourth-order valence-corrected chi connectivity index (χ4v) is 4.23. The van der Waals surface area contributed by atoms with Crippen molar-refractivity contribution in [2.24, 2.45) is 11.3 Å². The monoisotopic (exact) mass is 232 g/mol. The zero-order valence-corrected chi connectivity index (χ0v) is 11.2. The molecule has 0 bridgehead atoms. The second-order valence-corrected chi connectivity index (χ2v) is 6.25. The van der Waals surface area contributed by atoms with Gasteiger partial charge in [0.15, 0.2) is 0 Å². The van der Waals surface area contributed by atoms with Gasteiger partial charge >= 0.3 is 0 Å². The standard InChI is InChI=1S/C16H24O/c1-16-10-9-14(17-2)11-13(16)8-7-12-5-3-4-6-15(12)16/h7-8,14-15H,3-6,9-11H2,1-2H3/t14-,15-,16-/m0/s1. The molecule has 0 radical (unpaired) electrons. The molecule has 3 aliphatic rings. The molecule has 0 heterocycles. The van der Waals surface area contributed by atoms with Crippen molar-refractivity contribution in [3.63, 3.8) is 0 Å². The van der Waals surface area contributed by atoms with E-state index in [9.17, 15) is 0 Å². The predicted octanol–water partition coefficient (Wildman–Crippen LogP) is 4.25. The Morgan fingerprint density at radius 2 is 2.12 bits per heavy atom. The van der Waals surface area contributed by atoms with Crippen molar-refractivity contribution in [1.29, 1.82) is 0 Å². The van der Waals surface area contributed by atoms with Gasteiger partial charge in [-0.05, 0) is 49.9 Å². The fourth-order valence-electron chi connectivity index (χ4n) is 4.23. The topological polar surface area (TPSA) is 9.23 Å². The minimum Gasteiger partial charge on any atom is -0.381 e. The zero-order valence-electron chi connectivity index (χ0n) is 11.2. The molecular formula is C16H24O. The van der Waals surface area contributed by atoms with Gasteiger partial charge in [-0.1, -0.05) is 36.6 Å². The Morgan fingerprint density at radius 3 is 2.94 bits per heavy atom. The van der Waals surface area contributed by atoms with Crippen molar-refractivity contribution in [2.45, 2.75) is 58.0 Å². The van der Waals surface area contributed by atoms with Crippen LogP contribution < -0.4 is 0 Å². The van der Waals surface area contributed by atoms with Gasteiger partial charge in [0.05, 0.1) is 6.10 Å². The van der Waals surface area contributed by atoms with Gasteiger partial charge in [0.25, 0.3) is 0 Å². The molecule has 0 N–H and O–H groups in total. The van der Waals surface area contributed by atoms with E-state index in [1.165, 1.54) is 38.5 Å². The second-order valence-electron chi connectivity index (χ2n) is 6.25. The Kier molecular flexibility index (Phi) is 2.90. The third kappa shape index (κ3) is 1.79. The lowest BCUT2D eigenvalue weighted by Gasteiger charge is -2.49. The summed E-state index contributed by atoms with van der Waals surface area (Å²) in [5.41, 5.74) is 3.85. The molecule has 94 valence electrons. The number of fused-ring (bicyclic) bond motifs is 3. The highest BCUT2D eigenvalue weighted by Crippen LogP contribution is 2.55. The van der Waals surface area contributed by atoms with Crippen LogP contribution in [-0.2, 0) is 4.74 Å².